The maximum absolute atomic E-state index is 11.1. The third-order valence-corrected chi connectivity index (χ3v) is 5.27. The fourth-order valence-corrected chi connectivity index (χ4v) is 3.59. The van der Waals surface area contributed by atoms with Crippen LogP contribution >= 0.6 is 0 Å². The number of carbonyl (C=O) groups is 1. The quantitative estimate of drug-likeness (QED) is 0.758. The number of rotatable bonds is 5. The van der Waals surface area contributed by atoms with Gasteiger partial charge in [0.2, 0.25) is 5.91 Å². The highest BCUT2D eigenvalue weighted by molar-refractivity contribution is 5.88. The Labute approximate surface area is 163 Å². The summed E-state index contributed by atoms with van der Waals surface area (Å²) in [6, 6.07) is 16.7. The summed E-state index contributed by atoms with van der Waals surface area (Å²) in [5, 5.41) is 6.22. The molecule has 4 heteroatoms. The van der Waals surface area contributed by atoms with E-state index in [2.05, 4.69) is 46.7 Å². The molecule has 4 nitrogen and oxygen atoms in total. The van der Waals surface area contributed by atoms with Crippen molar-refractivity contribution in [2.45, 2.75) is 46.1 Å². The minimum Gasteiger partial charge on any atom is -0.381 e. The van der Waals surface area contributed by atoms with Crippen LogP contribution < -0.4 is 15.5 Å². The van der Waals surface area contributed by atoms with Crippen molar-refractivity contribution in [1.29, 1.82) is 0 Å². The van der Waals surface area contributed by atoms with E-state index in [9.17, 15) is 4.79 Å². The second-order valence-electron chi connectivity index (χ2n) is 7.66. The van der Waals surface area contributed by atoms with Gasteiger partial charge in [-0.15, -0.1) is 0 Å². The molecule has 1 heterocycles. The number of amides is 1. The zero-order valence-corrected chi connectivity index (χ0v) is 16.5. The molecule has 1 aliphatic heterocycles. The molecular weight excluding hydrogens is 334 g/mol. The predicted molar refractivity (Wildman–Crippen MR) is 114 cm³/mol. The van der Waals surface area contributed by atoms with Crippen LogP contribution in [0.3, 0.4) is 0 Å². The number of benzene rings is 2. The molecule has 1 aliphatic rings. The number of hydrogen-bond acceptors (Lipinski definition) is 3. The number of nitrogens with zero attached hydrogens (tertiary/aromatic N) is 1. The molecule has 0 bridgehead atoms. The van der Waals surface area contributed by atoms with Crippen molar-refractivity contribution < 1.29 is 4.79 Å². The van der Waals surface area contributed by atoms with Crippen LogP contribution in [0.4, 0.5) is 17.1 Å². The first-order valence-corrected chi connectivity index (χ1v) is 10.1. The van der Waals surface area contributed by atoms with Gasteiger partial charge in [-0.25, -0.2) is 0 Å². The molecule has 0 spiro atoms. The van der Waals surface area contributed by atoms with Gasteiger partial charge in [0, 0.05) is 43.6 Å². The lowest BCUT2D eigenvalue weighted by molar-refractivity contribution is -0.114. The van der Waals surface area contributed by atoms with E-state index < -0.39 is 0 Å². The Hall–Kier alpha value is -2.49. The molecule has 2 aromatic rings. The van der Waals surface area contributed by atoms with Gasteiger partial charge >= 0.3 is 0 Å². The molecule has 0 aromatic heterocycles. The van der Waals surface area contributed by atoms with E-state index in [4.69, 9.17) is 0 Å². The van der Waals surface area contributed by atoms with Gasteiger partial charge in [-0.05, 0) is 60.7 Å². The van der Waals surface area contributed by atoms with E-state index in [0.717, 1.165) is 23.8 Å². The predicted octanol–water partition coefficient (Wildman–Crippen LogP) is 5.27. The van der Waals surface area contributed by atoms with Gasteiger partial charge in [0.1, 0.15) is 0 Å². The third kappa shape index (κ3) is 6.02. The lowest BCUT2D eigenvalue weighted by atomic mass is 9.98. The molecule has 144 valence electrons. The van der Waals surface area contributed by atoms with Crippen LogP contribution in [-0.4, -0.2) is 19.0 Å². The molecule has 27 heavy (non-hydrogen) atoms. The lowest BCUT2D eigenvalue weighted by Gasteiger charge is -2.29. The monoisotopic (exact) mass is 365 g/mol. The van der Waals surface area contributed by atoms with Crippen molar-refractivity contribution >= 4 is 23.0 Å². The third-order valence-electron chi connectivity index (χ3n) is 5.27. The number of anilines is 3. The molecule has 1 atom stereocenters. The molecule has 1 unspecified atom stereocenters. The van der Waals surface area contributed by atoms with E-state index in [1.807, 2.05) is 24.3 Å². The van der Waals surface area contributed by atoms with Crippen molar-refractivity contribution in [3.63, 3.8) is 0 Å². The molecule has 1 amide bonds. The molecule has 2 N–H and O–H groups in total. The summed E-state index contributed by atoms with van der Waals surface area (Å²) in [5.74, 6) is 0.790. The van der Waals surface area contributed by atoms with Crippen LogP contribution in [0.5, 0.6) is 0 Å². The minimum absolute atomic E-state index is 0.0507. The number of nitrogens with one attached hydrogen (secondary N) is 2. The highest BCUT2D eigenvalue weighted by Crippen LogP contribution is 2.23. The molecule has 0 radical (unpaired) electrons. The zero-order chi connectivity index (χ0) is 19.1. The second kappa shape index (κ2) is 9.45. The summed E-state index contributed by atoms with van der Waals surface area (Å²) in [5.41, 5.74) is 4.48. The largest absolute Gasteiger partial charge is 0.381 e. The maximum atomic E-state index is 11.1. The zero-order valence-electron chi connectivity index (χ0n) is 16.5. The normalized spacial score (nSPS) is 17.7. The van der Waals surface area contributed by atoms with Gasteiger partial charge in [0.15, 0.2) is 0 Å². The van der Waals surface area contributed by atoms with Crippen LogP contribution in [0, 0.1) is 5.92 Å². The average Bonchev–Trinajstić information content (AvgIpc) is 2.65. The Morgan fingerprint density at radius 3 is 2.37 bits per heavy atom. The van der Waals surface area contributed by atoms with E-state index in [-0.39, 0.29) is 5.91 Å². The van der Waals surface area contributed by atoms with Gasteiger partial charge in [0.25, 0.3) is 0 Å². The van der Waals surface area contributed by atoms with Crippen LogP contribution in [-0.2, 0) is 11.3 Å². The maximum Gasteiger partial charge on any atom is 0.221 e. The van der Waals surface area contributed by atoms with E-state index in [1.54, 1.807) is 0 Å². The molecule has 3 rings (SSSR count). The van der Waals surface area contributed by atoms with Crippen molar-refractivity contribution in [2.75, 3.05) is 28.6 Å². The van der Waals surface area contributed by atoms with Crippen LogP contribution in [0.15, 0.2) is 48.5 Å². The van der Waals surface area contributed by atoms with Crippen molar-refractivity contribution in [3.05, 3.63) is 54.1 Å². The Morgan fingerprint density at radius 2 is 1.67 bits per heavy atom. The minimum atomic E-state index is -0.0507. The Morgan fingerprint density at radius 1 is 0.963 bits per heavy atom. The van der Waals surface area contributed by atoms with Gasteiger partial charge in [0.05, 0.1) is 0 Å². The second-order valence-corrected chi connectivity index (χ2v) is 7.66. The van der Waals surface area contributed by atoms with Crippen molar-refractivity contribution in [2.24, 2.45) is 5.92 Å². The number of carbonyl (C=O) groups excluding carboxylic acids is 1. The summed E-state index contributed by atoms with van der Waals surface area (Å²) in [7, 11) is 0. The standard InChI is InChI=1S/C23H31N3O/c1-18-5-3-4-15-26(16-14-18)23-12-6-20(7-13-23)17-24-21-8-10-22(11-9-21)25-19(2)27/h6-13,18,24H,3-5,14-17H2,1-2H3,(H,25,27). The first-order chi connectivity index (χ1) is 13.1. The van der Waals surface area contributed by atoms with E-state index >= 15 is 0 Å². The van der Waals surface area contributed by atoms with Gasteiger partial charge in [-0.1, -0.05) is 31.9 Å². The first-order valence-electron chi connectivity index (χ1n) is 10.1. The first kappa shape index (κ1) is 19.3. The summed E-state index contributed by atoms with van der Waals surface area (Å²) < 4.78 is 0. The molecule has 0 aliphatic carbocycles. The van der Waals surface area contributed by atoms with Crippen LogP contribution in [0.25, 0.3) is 0 Å². The topological polar surface area (TPSA) is 44.4 Å². The summed E-state index contributed by atoms with van der Waals surface area (Å²) in [6.45, 7) is 7.02. The lowest BCUT2D eigenvalue weighted by Crippen LogP contribution is -2.28. The van der Waals surface area contributed by atoms with E-state index in [0.29, 0.717) is 0 Å². The highest BCUT2D eigenvalue weighted by Gasteiger charge is 2.12. The smallest absolute Gasteiger partial charge is 0.221 e. The highest BCUT2D eigenvalue weighted by atomic mass is 16.1. The van der Waals surface area contributed by atoms with Crippen LogP contribution in [0.1, 0.15) is 45.1 Å². The number of hydrogen-bond donors (Lipinski definition) is 2. The Kier molecular flexibility index (Phi) is 6.74. The fraction of sp³-hybridized carbons (Fsp3) is 0.435. The summed E-state index contributed by atoms with van der Waals surface area (Å²) in [4.78, 5) is 13.6. The molecule has 0 saturated carbocycles. The Bertz CT molecular complexity index is 724. The van der Waals surface area contributed by atoms with Gasteiger partial charge in [-0.2, -0.15) is 0 Å². The Balaban J connectivity index is 1.53. The average molecular weight is 366 g/mol. The van der Waals surface area contributed by atoms with E-state index in [1.165, 1.54) is 56.9 Å². The van der Waals surface area contributed by atoms with Crippen molar-refractivity contribution in [1.82, 2.24) is 0 Å². The molecule has 1 fully saturated rings. The van der Waals surface area contributed by atoms with Gasteiger partial charge < -0.3 is 15.5 Å². The molecule has 1 saturated heterocycles. The fourth-order valence-electron chi connectivity index (χ4n) is 3.59. The summed E-state index contributed by atoms with van der Waals surface area (Å²) in [6.07, 6.45) is 5.31. The van der Waals surface area contributed by atoms with Gasteiger partial charge in [-0.3, -0.25) is 4.79 Å². The molecule has 2 aromatic carbocycles. The SMILES string of the molecule is CC(=O)Nc1ccc(NCc2ccc(N3CCCCC(C)CC3)cc2)cc1. The van der Waals surface area contributed by atoms with Crippen molar-refractivity contribution in [3.8, 4) is 0 Å². The van der Waals surface area contributed by atoms with Crippen LogP contribution in [0.2, 0.25) is 0 Å². The summed E-state index contributed by atoms with van der Waals surface area (Å²) >= 11 is 0. The molecular formula is C23H31N3O.